The zero-order valence-corrected chi connectivity index (χ0v) is 7.28. The van der Waals surface area contributed by atoms with E-state index in [9.17, 15) is 5.11 Å². The van der Waals surface area contributed by atoms with Crippen LogP contribution in [0.15, 0.2) is 12.1 Å². The summed E-state index contributed by atoms with van der Waals surface area (Å²) in [6.07, 6.45) is 0. The first-order valence-corrected chi connectivity index (χ1v) is 4.01. The molecule has 1 aliphatic heterocycles. The van der Waals surface area contributed by atoms with Crippen molar-refractivity contribution in [3.8, 4) is 17.2 Å². The molecule has 0 saturated heterocycles. The highest BCUT2D eigenvalue weighted by molar-refractivity contribution is 5.52. The summed E-state index contributed by atoms with van der Waals surface area (Å²) in [5.74, 6) is 1.15. The van der Waals surface area contributed by atoms with E-state index < -0.39 is 0 Å². The molecular formula is C9H11NO3. The van der Waals surface area contributed by atoms with Gasteiger partial charge in [0.15, 0.2) is 11.5 Å². The number of rotatable bonds is 1. The topological polar surface area (TPSA) is 64.7 Å². The predicted octanol–water partition coefficient (Wildman–Crippen LogP) is 0.793. The van der Waals surface area contributed by atoms with Crippen molar-refractivity contribution < 1.29 is 14.6 Å². The van der Waals surface area contributed by atoms with Crippen molar-refractivity contribution in [2.24, 2.45) is 5.73 Å². The molecule has 2 rings (SSSR count). The van der Waals surface area contributed by atoms with Crippen LogP contribution in [0, 0.1) is 0 Å². The van der Waals surface area contributed by atoms with Gasteiger partial charge >= 0.3 is 0 Å². The van der Waals surface area contributed by atoms with E-state index in [-0.39, 0.29) is 11.8 Å². The van der Waals surface area contributed by atoms with E-state index in [1.807, 2.05) is 0 Å². The first-order valence-electron chi connectivity index (χ1n) is 4.01. The molecule has 4 heteroatoms. The molecule has 0 aromatic heterocycles. The first kappa shape index (κ1) is 8.19. The standard InChI is InChI=1S/C9H11NO3/c1-12-9-2-5-6(10)4-13-8(5)3-7(9)11/h2-3,6,11H,4,10H2,1H3/t6-/m1/s1. The lowest BCUT2D eigenvalue weighted by Gasteiger charge is -2.06. The number of nitrogens with two attached hydrogens (primary N) is 1. The van der Waals surface area contributed by atoms with Crippen molar-refractivity contribution in [2.45, 2.75) is 6.04 Å². The Morgan fingerprint density at radius 2 is 2.38 bits per heavy atom. The van der Waals surface area contributed by atoms with Crippen LogP contribution >= 0.6 is 0 Å². The highest BCUT2D eigenvalue weighted by Gasteiger charge is 2.22. The minimum Gasteiger partial charge on any atom is -0.504 e. The molecular weight excluding hydrogens is 170 g/mol. The number of ether oxygens (including phenoxy) is 2. The molecule has 0 radical (unpaired) electrons. The van der Waals surface area contributed by atoms with E-state index >= 15 is 0 Å². The molecule has 3 N–H and O–H groups in total. The van der Waals surface area contributed by atoms with Gasteiger partial charge in [0.05, 0.1) is 13.2 Å². The van der Waals surface area contributed by atoms with Crippen molar-refractivity contribution >= 4 is 0 Å². The fourth-order valence-electron chi connectivity index (χ4n) is 1.41. The van der Waals surface area contributed by atoms with Crippen LogP contribution in [-0.4, -0.2) is 18.8 Å². The lowest BCUT2D eigenvalue weighted by Crippen LogP contribution is -2.10. The summed E-state index contributed by atoms with van der Waals surface area (Å²) >= 11 is 0. The van der Waals surface area contributed by atoms with Gasteiger partial charge in [-0.3, -0.25) is 0 Å². The number of phenolic OH excluding ortho intramolecular Hbond substituents is 1. The van der Waals surface area contributed by atoms with E-state index in [0.29, 0.717) is 18.1 Å². The van der Waals surface area contributed by atoms with Gasteiger partial charge in [0.25, 0.3) is 0 Å². The fourth-order valence-corrected chi connectivity index (χ4v) is 1.41. The molecule has 70 valence electrons. The maximum absolute atomic E-state index is 9.42. The fraction of sp³-hybridized carbons (Fsp3) is 0.333. The van der Waals surface area contributed by atoms with Crippen LogP contribution in [0.3, 0.4) is 0 Å². The van der Waals surface area contributed by atoms with Gasteiger partial charge in [-0.25, -0.2) is 0 Å². The van der Waals surface area contributed by atoms with Gasteiger partial charge < -0.3 is 20.3 Å². The molecule has 0 amide bonds. The Kier molecular flexibility index (Phi) is 1.77. The summed E-state index contributed by atoms with van der Waals surface area (Å²) < 4.78 is 10.2. The van der Waals surface area contributed by atoms with Crippen molar-refractivity contribution in [1.82, 2.24) is 0 Å². The van der Waals surface area contributed by atoms with Gasteiger partial charge in [-0.2, -0.15) is 0 Å². The summed E-state index contributed by atoms with van der Waals surface area (Å²) in [6.45, 7) is 0.460. The number of aromatic hydroxyl groups is 1. The third-order valence-electron chi connectivity index (χ3n) is 2.13. The predicted molar refractivity (Wildman–Crippen MR) is 47.1 cm³/mol. The Morgan fingerprint density at radius 1 is 1.62 bits per heavy atom. The van der Waals surface area contributed by atoms with Crippen LogP contribution in [0.4, 0.5) is 0 Å². The molecule has 1 aromatic rings. The number of hydrogen-bond acceptors (Lipinski definition) is 4. The Balaban J connectivity index is 2.51. The van der Waals surface area contributed by atoms with Gasteiger partial charge in [0.2, 0.25) is 0 Å². The molecule has 13 heavy (non-hydrogen) atoms. The third kappa shape index (κ3) is 1.19. The average molecular weight is 181 g/mol. The van der Waals surface area contributed by atoms with Crippen molar-refractivity contribution in [1.29, 1.82) is 0 Å². The summed E-state index contributed by atoms with van der Waals surface area (Å²) in [5.41, 5.74) is 6.64. The summed E-state index contributed by atoms with van der Waals surface area (Å²) in [7, 11) is 1.50. The minimum absolute atomic E-state index is 0.0790. The van der Waals surface area contributed by atoms with E-state index in [2.05, 4.69) is 0 Å². The molecule has 0 aliphatic carbocycles. The zero-order chi connectivity index (χ0) is 9.42. The summed E-state index contributed by atoms with van der Waals surface area (Å²) in [5, 5.41) is 9.42. The van der Waals surface area contributed by atoms with E-state index in [1.54, 1.807) is 6.07 Å². The Hall–Kier alpha value is -1.42. The molecule has 1 atom stereocenters. The molecule has 1 aliphatic rings. The Bertz CT molecular complexity index is 338. The van der Waals surface area contributed by atoms with Crippen LogP contribution < -0.4 is 15.2 Å². The van der Waals surface area contributed by atoms with Crippen molar-refractivity contribution in [2.75, 3.05) is 13.7 Å². The van der Waals surface area contributed by atoms with Crippen LogP contribution in [0.5, 0.6) is 17.2 Å². The highest BCUT2D eigenvalue weighted by atomic mass is 16.5. The van der Waals surface area contributed by atoms with E-state index in [1.165, 1.54) is 13.2 Å². The van der Waals surface area contributed by atoms with Crippen LogP contribution in [0.2, 0.25) is 0 Å². The SMILES string of the molecule is COc1cc2c(cc1O)OC[C@H]2N. The zero-order valence-electron chi connectivity index (χ0n) is 7.28. The maximum atomic E-state index is 9.42. The van der Waals surface area contributed by atoms with Crippen LogP contribution in [0.1, 0.15) is 11.6 Å². The molecule has 0 saturated carbocycles. The van der Waals surface area contributed by atoms with E-state index in [0.717, 1.165) is 5.56 Å². The molecule has 0 spiro atoms. The lowest BCUT2D eigenvalue weighted by molar-refractivity contribution is 0.330. The average Bonchev–Trinajstić information content (AvgIpc) is 2.46. The normalized spacial score (nSPS) is 19.4. The molecule has 4 nitrogen and oxygen atoms in total. The van der Waals surface area contributed by atoms with Gasteiger partial charge in [-0.1, -0.05) is 0 Å². The largest absolute Gasteiger partial charge is 0.504 e. The first-order chi connectivity index (χ1) is 6.22. The van der Waals surface area contributed by atoms with Gasteiger partial charge in [0.1, 0.15) is 12.4 Å². The van der Waals surface area contributed by atoms with E-state index in [4.69, 9.17) is 15.2 Å². The second-order valence-electron chi connectivity index (χ2n) is 2.98. The second kappa shape index (κ2) is 2.81. The number of hydrogen-bond donors (Lipinski definition) is 2. The highest BCUT2D eigenvalue weighted by Crippen LogP contribution is 2.39. The number of phenols is 1. The minimum atomic E-state index is -0.121. The smallest absolute Gasteiger partial charge is 0.161 e. The third-order valence-corrected chi connectivity index (χ3v) is 2.13. The quantitative estimate of drug-likeness (QED) is 0.672. The number of fused-ring (bicyclic) bond motifs is 1. The van der Waals surface area contributed by atoms with Gasteiger partial charge in [0, 0.05) is 11.6 Å². The molecule has 0 fully saturated rings. The van der Waals surface area contributed by atoms with Gasteiger partial charge in [-0.15, -0.1) is 0 Å². The number of methoxy groups -OCH3 is 1. The van der Waals surface area contributed by atoms with Crippen molar-refractivity contribution in [3.63, 3.8) is 0 Å². The maximum Gasteiger partial charge on any atom is 0.161 e. The number of benzene rings is 1. The molecule has 0 bridgehead atoms. The molecule has 0 unspecified atom stereocenters. The second-order valence-corrected chi connectivity index (χ2v) is 2.98. The summed E-state index contributed by atoms with van der Waals surface area (Å²) in [4.78, 5) is 0. The Morgan fingerprint density at radius 3 is 3.08 bits per heavy atom. The lowest BCUT2D eigenvalue weighted by atomic mass is 10.1. The van der Waals surface area contributed by atoms with Gasteiger partial charge in [-0.05, 0) is 6.07 Å². The van der Waals surface area contributed by atoms with Crippen LogP contribution in [0.25, 0.3) is 0 Å². The Labute approximate surface area is 75.9 Å². The van der Waals surface area contributed by atoms with Crippen molar-refractivity contribution in [3.05, 3.63) is 17.7 Å². The molecule has 1 heterocycles. The monoisotopic (exact) mass is 181 g/mol. The molecule has 1 aromatic carbocycles. The van der Waals surface area contributed by atoms with Crippen LogP contribution in [-0.2, 0) is 0 Å². The summed E-state index contributed by atoms with van der Waals surface area (Å²) in [6, 6.07) is 3.12.